The van der Waals surface area contributed by atoms with Gasteiger partial charge >= 0.3 is 0 Å². The summed E-state index contributed by atoms with van der Waals surface area (Å²) in [5.41, 5.74) is 0.442. The summed E-state index contributed by atoms with van der Waals surface area (Å²) in [4.78, 5) is 9.92. The van der Waals surface area contributed by atoms with Crippen molar-refractivity contribution in [2.75, 3.05) is 6.61 Å². The van der Waals surface area contributed by atoms with Gasteiger partial charge in [0, 0.05) is 17.6 Å². The second-order valence-corrected chi connectivity index (χ2v) is 3.61. The third kappa shape index (κ3) is 3.08. The lowest BCUT2D eigenvalue weighted by Crippen LogP contribution is -2.03. The molecule has 0 radical (unpaired) electrons. The van der Waals surface area contributed by atoms with Crippen LogP contribution in [0.1, 0.15) is 13.3 Å². The van der Waals surface area contributed by atoms with Crippen molar-refractivity contribution in [1.82, 2.24) is 0 Å². The molecular formula is C12H15NO3. The van der Waals surface area contributed by atoms with E-state index in [4.69, 9.17) is 4.74 Å². The van der Waals surface area contributed by atoms with E-state index in [1.807, 2.05) is 6.08 Å². The van der Waals surface area contributed by atoms with Crippen LogP contribution in [0.5, 0.6) is 0 Å². The lowest BCUT2D eigenvalue weighted by molar-refractivity contribution is -0.418. The summed E-state index contributed by atoms with van der Waals surface area (Å²) < 4.78 is 5.41. The number of nitrogens with zero attached hydrogens (tertiary/aromatic N) is 1. The quantitative estimate of drug-likeness (QED) is 0.544. The molecule has 0 aromatic rings. The van der Waals surface area contributed by atoms with Gasteiger partial charge in [0.1, 0.15) is 5.76 Å². The fraction of sp³-hybridized carbons (Fsp3) is 0.333. The molecule has 1 unspecified atom stereocenters. The molecular weight excluding hydrogens is 206 g/mol. The van der Waals surface area contributed by atoms with Crippen LogP contribution in [-0.4, -0.2) is 11.5 Å². The highest BCUT2D eigenvalue weighted by Gasteiger charge is 2.13. The van der Waals surface area contributed by atoms with Gasteiger partial charge in [-0.15, -0.1) is 0 Å². The summed E-state index contributed by atoms with van der Waals surface area (Å²) in [5.74, 6) is 0.779. The zero-order valence-electron chi connectivity index (χ0n) is 9.31. The molecule has 0 fully saturated rings. The molecule has 0 aromatic heterocycles. The van der Waals surface area contributed by atoms with Crippen LogP contribution in [0.2, 0.25) is 0 Å². The molecule has 4 heteroatoms. The molecule has 4 nitrogen and oxygen atoms in total. The average Bonchev–Trinajstić information content (AvgIpc) is 2.42. The Labute approximate surface area is 94.8 Å². The number of hydrogen-bond acceptors (Lipinski definition) is 3. The number of ether oxygens (including phenoxy) is 1. The fourth-order valence-electron chi connectivity index (χ4n) is 1.29. The molecule has 86 valence electrons. The molecule has 0 saturated heterocycles. The Morgan fingerprint density at radius 2 is 2.50 bits per heavy atom. The van der Waals surface area contributed by atoms with Crippen molar-refractivity contribution in [2.24, 2.45) is 5.92 Å². The van der Waals surface area contributed by atoms with Gasteiger partial charge in [0.05, 0.1) is 11.5 Å². The molecule has 1 rings (SSSR count). The first kappa shape index (κ1) is 12.2. The van der Waals surface area contributed by atoms with Gasteiger partial charge in [-0.3, -0.25) is 10.1 Å². The van der Waals surface area contributed by atoms with Crippen molar-refractivity contribution in [3.05, 3.63) is 58.5 Å². The van der Waals surface area contributed by atoms with E-state index in [1.165, 1.54) is 6.08 Å². The van der Waals surface area contributed by atoms with Gasteiger partial charge < -0.3 is 4.74 Å². The summed E-state index contributed by atoms with van der Waals surface area (Å²) in [5, 5.41) is 10.5. The third-order valence-corrected chi connectivity index (χ3v) is 2.42. The van der Waals surface area contributed by atoms with E-state index in [-0.39, 0.29) is 5.70 Å². The third-order valence-electron chi connectivity index (χ3n) is 2.42. The molecule has 1 aliphatic heterocycles. The molecule has 16 heavy (non-hydrogen) atoms. The van der Waals surface area contributed by atoms with Gasteiger partial charge in [-0.25, -0.2) is 0 Å². The monoisotopic (exact) mass is 221 g/mol. The Bertz CT molecular complexity index is 380. The number of nitro groups is 1. The molecule has 0 aromatic carbocycles. The van der Waals surface area contributed by atoms with Crippen molar-refractivity contribution in [3.63, 3.8) is 0 Å². The molecule has 0 N–H and O–H groups in total. The average molecular weight is 221 g/mol. The van der Waals surface area contributed by atoms with Crippen LogP contribution in [-0.2, 0) is 4.74 Å². The van der Waals surface area contributed by atoms with E-state index in [0.29, 0.717) is 23.9 Å². The van der Waals surface area contributed by atoms with Crippen LogP contribution in [0, 0.1) is 16.0 Å². The van der Waals surface area contributed by atoms with E-state index >= 15 is 0 Å². The van der Waals surface area contributed by atoms with Gasteiger partial charge in [-0.1, -0.05) is 25.7 Å². The number of rotatable bonds is 3. The van der Waals surface area contributed by atoms with Gasteiger partial charge in [-0.05, 0) is 13.0 Å². The highest BCUT2D eigenvalue weighted by atomic mass is 16.6. The molecule has 0 amide bonds. The second kappa shape index (κ2) is 5.30. The van der Waals surface area contributed by atoms with Gasteiger partial charge in [0.25, 0.3) is 5.70 Å². The Morgan fingerprint density at radius 1 is 1.81 bits per heavy atom. The minimum absolute atomic E-state index is 0.167. The summed E-state index contributed by atoms with van der Waals surface area (Å²) in [6.07, 6.45) is 6.12. The molecule has 0 aliphatic carbocycles. The Morgan fingerprint density at radius 3 is 3.06 bits per heavy atom. The fourth-order valence-corrected chi connectivity index (χ4v) is 1.29. The van der Waals surface area contributed by atoms with E-state index in [2.05, 4.69) is 20.1 Å². The van der Waals surface area contributed by atoms with Crippen LogP contribution < -0.4 is 0 Å². The highest BCUT2D eigenvalue weighted by molar-refractivity contribution is 5.39. The maximum Gasteiger partial charge on any atom is 0.263 e. The van der Waals surface area contributed by atoms with Crippen LogP contribution in [0.15, 0.2) is 48.4 Å². The SMILES string of the molecule is C=C1OCC(CC)C=C/C1=C/C(=C)[N+](=O)[O-]. The molecule has 0 saturated carbocycles. The maximum absolute atomic E-state index is 10.5. The van der Waals surface area contributed by atoms with E-state index in [0.717, 1.165) is 6.42 Å². The van der Waals surface area contributed by atoms with Crippen LogP contribution in [0.25, 0.3) is 0 Å². The standard InChI is InChI=1S/C12H15NO3/c1-4-11-5-6-12(10(3)16-8-11)7-9(2)13(14)15/h5-7,11H,2-4,8H2,1H3/b12-7-. The van der Waals surface area contributed by atoms with Crippen LogP contribution >= 0.6 is 0 Å². The first-order valence-corrected chi connectivity index (χ1v) is 5.09. The summed E-state index contributed by atoms with van der Waals surface area (Å²) in [6.45, 7) is 9.70. The van der Waals surface area contributed by atoms with Crippen molar-refractivity contribution in [2.45, 2.75) is 13.3 Å². The van der Waals surface area contributed by atoms with Gasteiger partial charge in [-0.2, -0.15) is 0 Å². The summed E-state index contributed by atoms with van der Waals surface area (Å²) >= 11 is 0. The topological polar surface area (TPSA) is 52.4 Å². The van der Waals surface area contributed by atoms with E-state index in [1.54, 1.807) is 6.08 Å². The maximum atomic E-state index is 10.5. The first-order valence-electron chi connectivity index (χ1n) is 5.09. The number of allylic oxidation sites excluding steroid dienone is 2. The smallest absolute Gasteiger partial charge is 0.263 e. The normalized spacial score (nSPS) is 22.7. The second-order valence-electron chi connectivity index (χ2n) is 3.61. The Hall–Kier alpha value is -1.84. The van der Waals surface area contributed by atoms with Crippen LogP contribution in [0.4, 0.5) is 0 Å². The summed E-state index contributed by atoms with van der Waals surface area (Å²) in [6, 6.07) is 0. The summed E-state index contributed by atoms with van der Waals surface area (Å²) in [7, 11) is 0. The molecule has 1 atom stereocenters. The largest absolute Gasteiger partial charge is 0.493 e. The van der Waals surface area contributed by atoms with Crippen molar-refractivity contribution in [1.29, 1.82) is 0 Å². The predicted molar refractivity (Wildman–Crippen MR) is 62.2 cm³/mol. The zero-order chi connectivity index (χ0) is 12.1. The lowest BCUT2D eigenvalue weighted by atomic mass is 10.1. The minimum atomic E-state index is -0.531. The molecule has 1 heterocycles. The Balaban J connectivity index is 2.90. The lowest BCUT2D eigenvalue weighted by Gasteiger charge is -2.09. The predicted octanol–water partition coefficient (Wildman–Crippen LogP) is 2.83. The van der Waals surface area contributed by atoms with E-state index in [9.17, 15) is 10.1 Å². The van der Waals surface area contributed by atoms with Crippen LogP contribution in [0.3, 0.4) is 0 Å². The first-order chi connectivity index (χ1) is 7.54. The van der Waals surface area contributed by atoms with Gasteiger partial charge in [0.2, 0.25) is 0 Å². The van der Waals surface area contributed by atoms with Crippen molar-refractivity contribution in [3.8, 4) is 0 Å². The van der Waals surface area contributed by atoms with Crippen molar-refractivity contribution < 1.29 is 9.66 Å². The minimum Gasteiger partial charge on any atom is -0.493 e. The number of hydrogen-bond donors (Lipinski definition) is 0. The van der Waals surface area contributed by atoms with E-state index < -0.39 is 4.92 Å². The molecule has 0 bridgehead atoms. The molecule has 1 aliphatic rings. The Kier molecular flexibility index (Phi) is 4.05. The van der Waals surface area contributed by atoms with Gasteiger partial charge in [0.15, 0.2) is 0 Å². The zero-order valence-corrected chi connectivity index (χ0v) is 9.31. The van der Waals surface area contributed by atoms with Crippen molar-refractivity contribution >= 4 is 0 Å². The highest BCUT2D eigenvalue weighted by Crippen LogP contribution is 2.21. The molecule has 0 spiro atoms.